The van der Waals surface area contributed by atoms with Gasteiger partial charge >= 0.3 is 0 Å². The minimum atomic E-state index is -0.123. The highest BCUT2D eigenvalue weighted by Gasteiger charge is 2.14. The fourth-order valence-electron chi connectivity index (χ4n) is 3.83. The number of aromatic nitrogens is 2. The van der Waals surface area contributed by atoms with Crippen molar-refractivity contribution >= 4 is 38.6 Å². The lowest BCUT2D eigenvalue weighted by Crippen LogP contribution is -2.31. The van der Waals surface area contributed by atoms with Gasteiger partial charge < -0.3 is 14.8 Å². The van der Waals surface area contributed by atoms with Crippen molar-refractivity contribution in [3.05, 3.63) is 58.3 Å². The van der Waals surface area contributed by atoms with Gasteiger partial charge in [0, 0.05) is 35.7 Å². The van der Waals surface area contributed by atoms with E-state index in [1.165, 1.54) is 32.4 Å². The van der Waals surface area contributed by atoms with E-state index in [1.807, 2.05) is 36.4 Å². The molecule has 1 fully saturated rings. The number of halogens is 1. The van der Waals surface area contributed by atoms with Crippen LogP contribution in [0.15, 0.2) is 46.9 Å². The van der Waals surface area contributed by atoms with Gasteiger partial charge in [-0.05, 0) is 62.3 Å². The van der Waals surface area contributed by atoms with E-state index in [-0.39, 0.29) is 5.91 Å². The first-order valence-electron chi connectivity index (χ1n) is 9.85. The second-order valence-corrected chi connectivity index (χ2v) is 8.32. The Bertz CT molecular complexity index is 991. The lowest BCUT2D eigenvalue weighted by molar-refractivity contribution is 0.102. The molecule has 0 spiro atoms. The summed E-state index contributed by atoms with van der Waals surface area (Å²) >= 11 is 3.41. The van der Waals surface area contributed by atoms with Gasteiger partial charge in [0.15, 0.2) is 0 Å². The maximum absolute atomic E-state index is 12.5. The molecule has 3 aromatic rings. The average Bonchev–Trinajstić information content (AvgIpc) is 3.02. The number of fused-ring (bicyclic) bond motifs is 1. The highest BCUT2D eigenvalue weighted by atomic mass is 79.9. The molecule has 1 amide bonds. The van der Waals surface area contributed by atoms with Crippen molar-refractivity contribution in [3.63, 3.8) is 0 Å². The van der Waals surface area contributed by atoms with Gasteiger partial charge in [0.2, 0.25) is 0 Å². The second-order valence-electron chi connectivity index (χ2n) is 7.41. The van der Waals surface area contributed by atoms with E-state index >= 15 is 0 Å². The van der Waals surface area contributed by atoms with E-state index in [2.05, 4.69) is 37.8 Å². The number of nitrogens with one attached hydrogen (secondary N) is 1. The predicted molar refractivity (Wildman–Crippen MR) is 117 cm³/mol. The molecule has 0 unspecified atom stereocenters. The van der Waals surface area contributed by atoms with Gasteiger partial charge in [-0.2, -0.15) is 0 Å². The summed E-state index contributed by atoms with van der Waals surface area (Å²) in [4.78, 5) is 19.9. The zero-order valence-corrected chi connectivity index (χ0v) is 17.7. The molecule has 2 heterocycles. The number of nitrogens with zero attached hydrogens (tertiary/aromatic N) is 3. The summed E-state index contributed by atoms with van der Waals surface area (Å²) in [6.45, 7) is 3.47. The number of amides is 1. The number of carbonyl (C=O) groups is 1. The van der Waals surface area contributed by atoms with Crippen molar-refractivity contribution in [3.8, 4) is 0 Å². The first kappa shape index (κ1) is 19.2. The third-order valence-electron chi connectivity index (χ3n) is 5.42. The van der Waals surface area contributed by atoms with Gasteiger partial charge in [-0.15, -0.1) is 0 Å². The average molecular weight is 441 g/mol. The number of likely N-dealkylation sites (tertiary alicyclic amines) is 1. The van der Waals surface area contributed by atoms with Crippen LogP contribution in [0.25, 0.3) is 11.0 Å². The van der Waals surface area contributed by atoms with E-state index < -0.39 is 0 Å². The van der Waals surface area contributed by atoms with Gasteiger partial charge in [0.1, 0.15) is 5.82 Å². The number of hydrogen-bond donors (Lipinski definition) is 1. The maximum Gasteiger partial charge on any atom is 0.255 e. The number of piperidine rings is 1. The quantitative estimate of drug-likeness (QED) is 0.629. The Labute approximate surface area is 173 Å². The monoisotopic (exact) mass is 440 g/mol. The van der Waals surface area contributed by atoms with Gasteiger partial charge in [-0.3, -0.25) is 4.79 Å². The Balaban J connectivity index is 1.48. The van der Waals surface area contributed by atoms with Crippen molar-refractivity contribution in [1.29, 1.82) is 0 Å². The van der Waals surface area contributed by atoms with Gasteiger partial charge in [0.05, 0.1) is 11.0 Å². The molecule has 0 radical (unpaired) electrons. The minimum Gasteiger partial charge on any atom is -0.331 e. The number of benzene rings is 2. The predicted octanol–water partition coefficient (Wildman–Crippen LogP) is 4.62. The number of aryl methyl sites for hydroxylation is 1. The Hall–Kier alpha value is -2.18. The zero-order chi connectivity index (χ0) is 19.5. The number of carbonyl (C=O) groups excluding carboxylic acids is 1. The highest BCUT2D eigenvalue weighted by molar-refractivity contribution is 9.10. The van der Waals surface area contributed by atoms with E-state index in [1.54, 1.807) is 6.07 Å². The SMILES string of the molecule is Cn1c(CCN2CCCCC2)nc2cc(NC(=O)c3cccc(Br)c3)ccc21. The molecule has 0 aliphatic carbocycles. The molecule has 1 aromatic heterocycles. The molecule has 2 aromatic carbocycles. The largest absolute Gasteiger partial charge is 0.331 e. The highest BCUT2D eigenvalue weighted by Crippen LogP contribution is 2.21. The van der Waals surface area contributed by atoms with Crippen molar-refractivity contribution in [2.24, 2.45) is 7.05 Å². The third-order valence-corrected chi connectivity index (χ3v) is 5.91. The van der Waals surface area contributed by atoms with Gasteiger partial charge in [0.25, 0.3) is 5.91 Å². The molecule has 6 heteroatoms. The number of imidazole rings is 1. The summed E-state index contributed by atoms with van der Waals surface area (Å²) in [6, 6.07) is 13.3. The van der Waals surface area contributed by atoms with Crippen LogP contribution in [-0.2, 0) is 13.5 Å². The number of rotatable bonds is 5. The van der Waals surface area contributed by atoms with Crippen LogP contribution in [0, 0.1) is 0 Å². The third kappa shape index (κ3) is 4.28. The molecule has 1 N–H and O–H groups in total. The maximum atomic E-state index is 12.5. The summed E-state index contributed by atoms with van der Waals surface area (Å²) < 4.78 is 3.05. The fourth-order valence-corrected chi connectivity index (χ4v) is 4.22. The summed E-state index contributed by atoms with van der Waals surface area (Å²) in [5.74, 6) is 0.970. The molecular weight excluding hydrogens is 416 g/mol. The lowest BCUT2D eigenvalue weighted by Gasteiger charge is -2.26. The molecule has 0 saturated carbocycles. The number of anilines is 1. The van der Waals surface area contributed by atoms with Crippen molar-refractivity contribution in [1.82, 2.24) is 14.5 Å². The normalized spacial score (nSPS) is 15.1. The van der Waals surface area contributed by atoms with Crippen molar-refractivity contribution in [2.75, 3.05) is 25.0 Å². The van der Waals surface area contributed by atoms with E-state index in [0.29, 0.717) is 5.56 Å². The molecule has 1 saturated heterocycles. The van der Waals surface area contributed by atoms with Crippen LogP contribution in [0.2, 0.25) is 0 Å². The Morgan fingerprint density at radius 2 is 1.96 bits per heavy atom. The summed E-state index contributed by atoms with van der Waals surface area (Å²) in [5, 5.41) is 2.97. The summed E-state index contributed by atoms with van der Waals surface area (Å²) in [5.41, 5.74) is 3.40. The standard InChI is InChI=1S/C22H25BrN4O/c1-26-20-9-8-18(24-22(28)16-6-5-7-17(23)14-16)15-19(20)25-21(26)10-13-27-11-3-2-4-12-27/h5-9,14-15H,2-4,10-13H2,1H3,(H,24,28). The van der Waals surface area contributed by atoms with Crippen LogP contribution in [0.4, 0.5) is 5.69 Å². The first-order valence-corrected chi connectivity index (χ1v) is 10.6. The summed E-state index contributed by atoms with van der Waals surface area (Å²) in [6.07, 6.45) is 4.93. The molecule has 1 aliphatic heterocycles. The molecule has 1 aliphatic rings. The topological polar surface area (TPSA) is 50.2 Å². The number of hydrogen-bond acceptors (Lipinski definition) is 3. The molecule has 0 atom stereocenters. The smallest absolute Gasteiger partial charge is 0.255 e. The Morgan fingerprint density at radius 3 is 2.75 bits per heavy atom. The Morgan fingerprint density at radius 1 is 1.14 bits per heavy atom. The lowest BCUT2D eigenvalue weighted by atomic mass is 10.1. The molecule has 5 nitrogen and oxygen atoms in total. The van der Waals surface area contributed by atoms with Crippen molar-refractivity contribution < 1.29 is 4.79 Å². The van der Waals surface area contributed by atoms with E-state index in [9.17, 15) is 4.79 Å². The van der Waals surface area contributed by atoms with Crippen LogP contribution < -0.4 is 5.32 Å². The molecular formula is C22H25BrN4O. The van der Waals surface area contributed by atoms with E-state index in [0.717, 1.165) is 40.0 Å². The van der Waals surface area contributed by atoms with Crippen LogP contribution in [-0.4, -0.2) is 40.0 Å². The van der Waals surface area contributed by atoms with Crippen LogP contribution >= 0.6 is 15.9 Å². The first-order chi connectivity index (χ1) is 13.6. The summed E-state index contributed by atoms with van der Waals surface area (Å²) in [7, 11) is 2.07. The molecule has 4 rings (SSSR count). The molecule has 0 bridgehead atoms. The van der Waals surface area contributed by atoms with Crippen LogP contribution in [0.3, 0.4) is 0 Å². The molecule has 146 valence electrons. The molecule has 28 heavy (non-hydrogen) atoms. The second kappa shape index (κ2) is 8.45. The minimum absolute atomic E-state index is 0.123. The van der Waals surface area contributed by atoms with Crippen LogP contribution in [0.5, 0.6) is 0 Å². The van der Waals surface area contributed by atoms with Gasteiger partial charge in [-0.25, -0.2) is 4.98 Å². The van der Waals surface area contributed by atoms with Gasteiger partial charge in [-0.1, -0.05) is 28.4 Å². The van der Waals surface area contributed by atoms with Crippen molar-refractivity contribution in [2.45, 2.75) is 25.7 Å². The fraction of sp³-hybridized carbons (Fsp3) is 0.364. The van der Waals surface area contributed by atoms with Crippen LogP contribution in [0.1, 0.15) is 35.4 Å². The zero-order valence-electron chi connectivity index (χ0n) is 16.1. The van der Waals surface area contributed by atoms with E-state index in [4.69, 9.17) is 4.98 Å². The Kier molecular flexibility index (Phi) is 5.78.